The number of amides is 2. The third-order valence-corrected chi connectivity index (χ3v) is 4.28. The van der Waals surface area contributed by atoms with Crippen LogP contribution >= 0.6 is 0 Å². The molecule has 8 nitrogen and oxygen atoms in total. The van der Waals surface area contributed by atoms with E-state index in [1.165, 1.54) is 12.0 Å². The van der Waals surface area contributed by atoms with Crippen LogP contribution in [0.15, 0.2) is 30.3 Å². The van der Waals surface area contributed by atoms with Crippen molar-refractivity contribution in [2.45, 2.75) is 45.4 Å². The van der Waals surface area contributed by atoms with Gasteiger partial charge in [0.15, 0.2) is 0 Å². The molecule has 0 aliphatic carbocycles. The monoisotopic (exact) mass is 392 g/mol. The van der Waals surface area contributed by atoms with Crippen LogP contribution in [0.1, 0.15) is 32.8 Å². The van der Waals surface area contributed by atoms with Crippen molar-refractivity contribution in [1.82, 2.24) is 10.2 Å². The minimum atomic E-state index is -0.699. The highest BCUT2D eigenvalue weighted by Crippen LogP contribution is 2.21. The van der Waals surface area contributed by atoms with Gasteiger partial charge in [-0.25, -0.2) is 9.59 Å². The van der Waals surface area contributed by atoms with E-state index >= 15 is 0 Å². The zero-order chi connectivity index (χ0) is 20.7. The molecule has 28 heavy (non-hydrogen) atoms. The van der Waals surface area contributed by atoms with Gasteiger partial charge in [0, 0.05) is 19.1 Å². The molecule has 2 rings (SSSR count). The first kappa shape index (κ1) is 21.5. The summed E-state index contributed by atoms with van der Waals surface area (Å²) in [6.45, 7) is 5.92. The molecule has 2 amide bonds. The van der Waals surface area contributed by atoms with Gasteiger partial charge in [-0.3, -0.25) is 4.79 Å². The fraction of sp³-hybridized carbons (Fsp3) is 0.550. The lowest BCUT2D eigenvalue weighted by Gasteiger charge is -2.37. The van der Waals surface area contributed by atoms with Crippen LogP contribution in [-0.4, -0.2) is 54.9 Å². The van der Waals surface area contributed by atoms with Crippen molar-refractivity contribution in [3.63, 3.8) is 0 Å². The number of hydrogen-bond donors (Lipinski definition) is 1. The minimum Gasteiger partial charge on any atom is -0.469 e. The Morgan fingerprint density at radius 3 is 2.46 bits per heavy atom. The number of piperidine rings is 1. The highest BCUT2D eigenvalue weighted by atomic mass is 16.6. The van der Waals surface area contributed by atoms with Crippen molar-refractivity contribution in [3.8, 4) is 0 Å². The summed E-state index contributed by atoms with van der Waals surface area (Å²) in [6, 6.07) is 8.80. The van der Waals surface area contributed by atoms with Gasteiger partial charge in [0.2, 0.25) is 0 Å². The molecule has 1 aromatic carbocycles. The lowest BCUT2D eigenvalue weighted by atomic mass is 9.92. The van der Waals surface area contributed by atoms with Crippen molar-refractivity contribution in [1.29, 1.82) is 0 Å². The molecule has 1 heterocycles. The first-order chi connectivity index (χ1) is 13.2. The van der Waals surface area contributed by atoms with Gasteiger partial charge < -0.3 is 24.4 Å². The number of carbonyl (C=O) groups is 3. The number of rotatable bonds is 4. The van der Waals surface area contributed by atoms with Crippen molar-refractivity contribution >= 4 is 18.2 Å². The van der Waals surface area contributed by atoms with Gasteiger partial charge in [-0.1, -0.05) is 30.3 Å². The van der Waals surface area contributed by atoms with Crippen molar-refractivity contribution < 1.29 is 28.6 Å². The number of hydrogen-bond acceptors (Lipinski definition) is 6. The van der Waals surface area contributed by atoms with Crippen LogP contribution < -0.4 is 5.32 Å². The largest absolute Gasteiger partial charge is 0.469 e. The molecule has 0 spiro atoms. The number of nitrogens with one attached hydrogen (secondary N) is 1. The number of methoxy groups -OCH3 is 1. The van der Waals surface area contributed by atoms with E-state index in [0.29, 0.717) is 13.0 Å². The maximum absolute atomic E-state index is 12.3. The lowest BCUT2D eigenvalue weighted by molar-refractivity contribution is -0.148. The number of likely N-dealkylation sites (tertiary alicyclic amines) is 1. The first-order valence-corrected chi connectivity index (χ1v) is 9.22. The third kappa shape index (κ3) is 6.44. The summed E-state index contributed by atoms with van der Waals surface area (Å²) >= 11 is 0. The summed E-state index contributed by atoms with van der Waals surface area (Å²) in [5, 5.41) is 2.72. The molecule has 0 saturated carbocycles. The molecule has 0 radical (unpaired) electrons. The number of nitrogens with zero attached hydrogens (tertiary/aromatic N) is 1. The number of esters is 1. The fourth-order valence-electron chi connectivity index (χ4n) is 2.92. The number of alkyl carbamates (subject to hydrolysis) is 1. The SMILES string of the molecule is COC(=O)[C@H]1CN(C(=O)OC(C)(C)C)CC[C@H]1NC(=O)OCc1ccccc1. The summed E-state index contributed by atoms with van der Waals surface area (Å²) < 4.78 is 15.4. The number of ether oxygens (including phenoxy) is 3. The molecule has 1 aliphatic rings. The molecule has 0 aromatic heterocycles. The van der Waals surface area contributed by atoms with E-state index in [2.05, 4.69) is 5.32 Å². The Hall–Kier alpha value is -2.77. The summed E-state index contributed by atoms with van der Waals surface area (Å²) in [4.78, 5) is 38.1. The average Bonchev–Trinajstić information content (AvgIpc) is 2.65. The van der Waals surface area contributed by atoms with Crippen molar-refractivity contribution in [2.24, 2.45) is 5.92 Å². The summed E-state index contributed by atoms with van der Waals surface area (Å²) in [7, 11) is 1.28. The standard InChI is InChI=1S/C20H28N2O6/c1-20(2,3)28-19(25)22-11-10-16(15(12-22)17(23)26-4)21-18(24)27-13-14-8-6-5-7-9-14/h5-9,15-16H,10-13H2,1-4H3,(H,21,24)/t15-,16+/m0/s1. The van der Waals surface area contributed by atoms with Gasteiger partial charge in [0.05, 0.1) is 13.0 Å². The maximum Gasteiger partial charge on any atom is 0.410 e. The smallest absolute Gasteiger partial charge is 0.410 e. The summed E-state index contributed by atoms with van der Waals surface area (Å²) in [5.41, 5.74) is 0.232. The molecule has 1 aromatic rings. The molecule has 0 unspecified atom stereocenters. The van der Waals surface area contributed by atoms with Gasteiger partial charge in [0.25, 0.3) is 0 Å². The van der Waals surface area contributed by atoms with Crippen LogP contribution in [0.25, 0.3) is 0 Å². The van der Waals surface area contributed by atoms with Gasteiger partial charge in [-0.05, 0) is 32.8 Å². The van der Waals surface area contributed by atoms with E-state index in [1.54, 1.807) is 20.8 Å². The van der Waals surface area contributed by atoms with E-state index in [1.807, 2.05) is 30.3 Å². The van der Waals surface area contributed by atoms with Gasteiger partial charge in [-0.15, -0.1) is 0 Å². The van der Waals surface area contributed by atoms with E-state index < -0.39 is 35.7 Å². The van der Waals surface area contributed by atoms with Gasteiger partial charge in [0.1, 0.15) is 12.2 Å². The molecule has 1 N–H and O–H groups in total. The van der Waals surface area contributed by atoms with Crippen LogP contribution in [0.5, 0.6) is 0 Å². The minimum absolute atomic E-state index is 0.102. The average molecular weight is 392 g/mol. The Labute approximate surface area is 165 Å². The second-order valence-electron chi connectivity index (χ2n) is 7.66. The molecule has 0 bridgehead atoms. The molecule has 154 valence electrons. The van der Waals surface area contributed by atoms with E-state index in [0.717, 1.165) is 5.56 Å². The molecular weight excluding hydrogens is 364 g/mol. The predicted octanol–water partition coefficient (Wildman–Crippen LogP) is 2.71. The van der Waals surface area contributed by atoms with Crippen molar-refractivity contribution in [2.75, 3.05) is 20.2 Å². The highest BCUT2D eigenvalue weighted by molar-refractivity contribution is 5.77. The van der Waals surface area contributed by atoms with Crippen LogP contribution in [0, 0.1) is 5.92 Å². The maximum atomic E-state index is 12.3. The van der Waals surface area contributed by atoms with Crippen LogP contribution in [0.3, 0.4) is 0 Å². The molecule has 1 aliphatic heterocycles. The topological polar surface area (TPSA) is 94.2 Å². The van der Waals surface area contributed by atoms with E-state index in [-0.39, 0.29) is 13.2 Å². The van der Waals surface area contributed by atoms with Gasteiger partial charge in [-0.2, -0.15) is 0 Å². The molecule has 1 fully saturated rings. The Morgan fingerprint density at radius 1 is 1.18 bits per heavy atom. The lowest BCUT2D eigenvalue weighted by Crippen LogP contribution is -2.55. The quantitative estimate of drug-likeness (QED) is 0.625. The van der Waals surface area contributed by atoms with Crippen LogP contribution in [-0.2, 0) is 25.6 Å². The second-order valence-corrected chi connectivity index (χ2v) is 7.66. The van der Waals surface area contributed by atoms with Crippen LogP contribution in [0.4, 0.5) is 9.59 Å². The number of carbonyl (C=O) groups excluding carboxylic acids is 3. The molecular formula is C20H28N2O6. The highest BCUT2D eigenvalue weighted by Gasteiger charge is 2.39. The fourth-order valence-corrected chi connectivity index (χ4v) is 2.92. The predicted molar refractivity (Wildman–Crippen MR) is 101 cm³/mol. The molecule has 1 saturated heterocycles. The normalized spacial score (nSPS) is 19.5. The zero-order valence-corrected chi connectivity index (χ0v) is 16.8. The first-order valence-electron chi connectivity index (χ1n) is 9.22. The van der Waals surface area contributed by atoms with Crippen molar-refractivity contribution in [3.05, 3.63) is 35.9 Å². The molecule has 2 atom stereocenters. The van der Waals surface area contributed by atoms with Gasteiger partial charge >= 0.3 is 18.2 Å². The third-order valence-electron chi connectivity index (χ3n) is 4.28. The van der Waals surface area contributed by atoms with Crippen LogP contribution in [0.2, 0.25) is 0 Å². The Bertz CT molecular complexity index is 686. The summed E-state index contributed by atoms with van der Waals surface area (Å²) in [6.07, 6.45) is -0.723. The second kappa shape index (κ2) is 9.43. The number of benzene rings is 1. The Kier molecular flexibility index (Phi) is 7.25. The van der Waals surface area contributed by atoms with E-state index in [4.69, 9.17) is 14.2 Å². The Morgan fingerprint density at radius 2 is 1.86 bits per heavy atom. The molecule has 8 heteroatoms. The van der Waals surface area contributed by atoms with E-state index in [9.17, 15) is 14.4 Å². The zero-order valence-electron chi connectivity index (χ0n) is 16.8. The Balaban J connectivity index is 1.95. The summed E-state index contributed by atoms with van der Waals surface area (Å²) in [5.74, 6) is -1.20.